The minimum absolute atomic E-state index is 0.0699. The lowest BCUT2D eigenvalue weighted by Crippen LogP contribution is -2.48. The predicted molar refractivity (Wildman–Crippen MR) is 133 cm³/mol. The van der Waals surface area contributed by atoms with Crippen LogP contribution >= 0.6 is 0 Å². The van der Waals surface area contributed by atoms with Crippen molar-refractivity contribution in [3.05, 3.63) is 95.6 Å². The summed E-state index contributed by atoms with van der Waals surface area (Å²) in [4.78, 5) is 17.5. The van der Waals surface area contributed by atoms with Gasteiger partial charge >= 0.3 is 0 Å². The summed E-state index contributed by atoms with van der Waals surface area (Å²) < 4.78 is 28.0. The number of carbonyl (C=O) groups is 1. The smallest absolute Gasteiger partial charge is 0.258 e. The van der Waals surface area contributed by atoms with Crippen LogP contribution in [0.3, 0.4) is 0 Å². The van der Waals surface area contributed by atoms with Gasteiger partial charge in [0.05, 0.1) is 4.90 Å². The molecule has 0 bridgehead atoms. The van der Waals surface area contributed by atoms with Gasteiger partial charge in [0.15, 0.2) is 0 Å². The Morgan fingerprint density at radius 1 is 0.853 bits per heavy atom. The standard InChI is InChI=1S/C27H29N3O3S/c1-21-19-24-9-5-6-10-26(24)30(21)27(31)23-11-13-25(14-12-23)34(32,33)29-17-15-28(16-18-29)20-22-7-3-2-4-8-22/h2-14,21H,15-20H2,1H3/t21-/m1/s1. The molecule has 7 heteroatoms. The van der Waals surface area contributed by atoms with Crippen LogP contribution in [0.15, 0.2) is 83.8 Å². The molecule has 1 fully saturated rings. The number of hydrogen-bond acceptors (Lipinski definition) is 4. The Bertz CT molecular complexity index is 1270. The molecule has 0 unspecified atom stereocenters. The number of fused-ring (bicyclic) bond motifs is 1. The quantitative estimate of drug-likeness (QED) is 0.564. The van der Waals surface area contributed by atoms with Gasteiger partial charge in [0.2, 0.25) is 10.0 Å². The molecule has 3 aromatic rings. The number of sulfonamides is 1. The van der Waals surface area contributed by atoms with Gasteiger partial charge in [0.25, 0.3) is 5.91 Å². The van der Waals surface area contributed by atoms with Gasteiger partial charge in [-0.15, -0.1) is 0 Å². The van der Waals surface area contributed by atoms with Crippen molar-refractivity contribution in [3.8, 4) is 0 Å². The molecule has 6 nitrogen and oxygen atoms in total. The van der Waals surface area contributed by atoms with E-state index < -0.39 is 10.0 Å². The highest BCUT2D eigenvalue weighted by Crippen LogP contribution is 2.33. The Hall–Kier alpha value is -3.00. The van der Waals surface area contributed by atoms with Crippen molar-refractivity contribution in [2.75, 3.05) is 31.1 Å². The van der Waals surface area contributed by atoms with Crippen LogP contribution in [0.2, 0.25) is 0 Å². The topological polar surface area (TPSA) is 60.9 Å². The van der Waals surface area contributed by atoms with Crippen molar-refractivity contribution in [2.45, 2.75) is 30.8 Å². The van der Waals surface area contributed by atoms with Gasteiger partial charge < -0.3 is 4.90 Å². The molecular weight excluding hydrogens is 446 g/mol. The van der Waals surface area contributed by atoms with E-state index in [2.05, 4.69) is 17.0 Å². The first kappa shape index (κ1) is 22.8. The Kier molecular flexibility index (Phi) is 6.25. The van der Waals surface area contributed by atoms with Crippen molar-refractivity contribution in [2.24, 2.45) is 0 Å². The summed E-state index contributed by atoms with van der Waals surface area (Å²) in [6.07, 6.45) is 0.824. The third-order valence-electron chi connectivity index (χ3n) is 6.75. The number of benzene rings is 3. The summed E-state index contributed by atoms with van der Waals surface area (Å²) in [5, 5.41) is 0. The number of hydrogen-bond donors (Lipinski definition) is 0. The van der Waals surface area contributed by atoms with Crippen LogP contribution in [0, 0.1) is 0 Å². The lowest BCUT2D eigenvalue weighted by Gasteiger charge is -2.34. The monoisotopic (exact) mass is 475 g/mol. The molecule has 2 heterocycles. The van der Waals surface area contributed by atoms with E-state index in [4.69, 9.17) is 0 Å². The maximum absolute atomic E-state index is 13.2. The lowest BCUT2D eigenvalue weighted by atomic mass is 10.1. The zero-order valence-corrected chi connectivity index (χ0v) is 20.1. The fourth-order valence-corrected chi connectivity index (χ4v) is 6.32. The van der Waals surface area contributed by atoms with Gasteiger partial charge in [-0.3, -0.25) is 9.69 Å². The fourth-order valence-electron chi connectivity index (χ4n) is 4.90. The van der Waals surface area contributed by atoms with Crippen LogP contribution in [-0.4, -0.2) is 55.8 Å². The number of piperazine rings is 1. The summed E-state index contributed by atoms with van der Waals surface area (Å²) in [6, 6.07) is 24.6. The van der Waals surface area contributed by atoms with E-state index in [0.717, 1.165) is 24.2 Å². The van der Waals surface area contributed by atoms with Crippen LogP contribution in [0.25, 0.3) is 0 Å². The molecule has 0 aliphatic carbocycles. The molecule has 176 valence electrons. The summed E-state index contributed by atoms with van der Waals surface area (Å²) in [6.45, 7) is 5.15. The van der Waals surface area contributed by atoms with E-state index in [1.807, 2.05) is 54.3 Å². The number of nitrogens with zero attached hydrogens (tertiary/aromatic N) is 3. The fraction of sp³-hybridized carbons (Fsp3) is 0.296. The molecule has 0 radical (unpaired) electrons. The summed E-state index contributed by atoms with van der Waals surface area (Å²) in [5.41, 5.74) is 3.82. The largest absolute Gasteiger partial charge is 0.305 e. The molecule has 5 rings (SSSR count). The first-order chi connectivity index (χ1) is 16.4. The molecular formula is C27H29N3O3S. The average molecular weight is 476 g/mol. The van der Waals surface area contributed by atoms with Crippen LogP contribution in [0.5, 0.6) is 0 Å². The summed E-state index contributed by atoms with van der Waals surface area (Å²) in [7, 11) is -3.60. The normalized spacial score (nSPS) is 19.2. The molecule has 1 saturated heterocycles. The number of carbonyl (C=O) groups excluding carboxylic acids is 1. The Morgan fingerprint density at radius 3 is 2.21 bits per heavy atom. The van der Waals surface area contributed by atoms with Crippen LogP contribution in [0.1, 0.15) is 28.4 Å². The van der Waals surface area contributed by atoms with E-state index in [9.17, 15) is 13.2 Å². The second-order valence-electron chi connectivity index (χ2n) is 9.05. The Labute approximate surface area is 201 Å². The van der Waals surface area contributed by atoms with Gasteiger partial charge in [-0.05, 0) is 54.8 Å². The van der Waals surface area contributed by atoms with E-state index in [1.165, 1.54) is 5.56 Å². The van der Waals surface area contributed by atoms with E-state index >= 15 is 0 Å². The van der Waals surface area contributed by atoms with Crippen molar-refractivity contribution in [3.63, 3.8) is 0 Å². The second-order valence-corrected chi connectivity index (χ2v) is 11.0. The highest BCUT2D eigenvalue weighted by atomic mass is 32.2. The van der Waals surface area contributed by atoms with E-state index in [1.54, 1.807) is 28.6 Å². The molecule has 34 heavy (non-hydrogen) atoms. The number of amides is 1. The minimum atomic E-state index is -3.60. The Balaban J connectivity index is 1.26. The molecule has 0 aromatic heterocycles. The molecule has 1 amide bonds. The molecule has 1 atom stereocenters. The van der Waals surface area contributed by atoms with E-state index in [-0.39, 0.29) is 16.8 Å². The molecule has 0 saturated carbocycles. The summed E-state index contributed by atoms with van der Waals surface area (Å²) in [5.74, 6) is -0.101. The van der Waals surface area contributed by atoms with Crippen LogP contribution in [-0.2, 0) is 23.0 Å². The first-order valence-corrected chi connectivity index (χ1v) is 13.2. The van der Waals surface area contributed by atoms with Crippen molar-refractivity contribution < 1.29 is 13.2 Å². The number of anilines is 1. The minimum Gasteiger partial charge on any atom is -0.305 e. The average Bonchev–Trinajstić information content (AvgIpc) is 3.20. The third kappa shape index (κ3) is 4.39. The molecule has 2 aliphatic heterocycles. The van der Waals surface area contributed by atoms with Crippen molar-refractivity contribution in [1.82, 2.24) is 9.21 Å². The number of rotatable bonds is 5. The highest BCUT2D eigenvalue weighted by Gasteiger charge is 2.32. The SMILES string of the molecule is C[C@@H]1Cc2ccccc2N1C(=O)c1ccc(S(=O)(=O)N2CCN(Cc3ccccc3)CC2)cc1. The Morgan fingerprint density at radius 2 is 1.50 bits per heavy atom. The predicted octanol–water partition coefficient (Wildman–Crippen LogP) is 3.78. The van der Waals surface area contributed by atoms with E-state index in [0.29, 0.717) is 31.7 Å². The second kappa shape index (κ2) is 9.33. The van der Waals surface area contributed by atoms with Crippen LogP contribution in [0.4, 0.5) is 5.69 Å². The lowest BCUT2D eigenvalue weighted by molar-refractivity contribution is 0.0981. The zero-order valence-electron chi connectivity index (χ0n) is 19.3. The van der Waals surface area contributed by atoms with Gasteiger partial charge in [-0.2, -0.15) is 4.31 Å². The first-order valence-electron chi connectivity index (χ1n) is 11.7. The maximum atomic E-state index is 13.2. The third-order valence-corrected chi connectivity index (χ3v) is 8.66. The van der Waals surface area contributed by atoms with Crippen molar-refractivity contribution in [1.29, 1.82) is 0 Å². The van der Waals surface area contributed by atoms with Crippen molar-refractivity contribution >= 4 is 21.6 Å². The van der Waals surface area contributed by atoms with Gasteiger partial charge in [0, 0.05) is 50.0 Å². The summed E-state index contributed by atoms with van der Waals surface area (Å²) >= 11 is 0. The van der Waals surface area contributed by atoms with Gasteiger partial charge in [-0.1, -0.05) is 48.5 Å². The van der Waals surface area contributed by atoms with Crippen LogP contribution < -0.4 is 4.90 Å². The molecule has 2 aliphatic rings. The van der Waals surface area contributed by atoms with Gasteiger partial charge in [0.1, 0.15) is 0 Å². The highest BCUT2D eigenvalue weighted by molar-refractivity contribution is 7.89. The molecule has 0 N–H and O–H groups in total. The zero-order chi connectivity index (χ0) is 23.7. The molecule has 0 spiro atoms. The van der Waals surface area contributed by atoms with Gasteiger partial charge in [-0.25, -0.2) is 8.42 Å². The maximum Gasteiger partial charge on any atom is 0.258 e. The molecule has 3 aromatic carbocycles. The number of para-hydroxylation sites is 1.